The molecule has 20 heavy (non-hydrogen) atoms. The maximum atomic E-state index is 11.3. The highest BCUT2D eigenvalue weighted by atomic mass is 16.6. The number of ether oxygens (including phenoxy) is 1. The van der Waals surface area contributed by atoms with Crippen molar-refractivity contribution in [1.29, 1.82) is 0 Å². The van der Waals surface area contributed by atoms with Crippen molar-refractivity contribution in [3.05, 3.63) is 15.8 Å². The molecule has 1 aromatic rings. The number of nitrogens with two attached hydrogens (primary N) is 1. The van der Waals surface area contributed by atoms with Crippen LogP contribution in [-0.4, -0.2) is 40.7 Å². The highest BCUT2D eigenvalue weighted by Gasteiger charge is 2.31. The van der Waals surface area contributed by atoms with E-state index in [-0.39, 0.29) is 23.4 Å². The molecule has 0 aliphatic carbocycles. The first-order valence-corrected chi connectivity index (χ1v) is 6.42. The lowest BCUT2D eigenvalue weighted by molar-refractivity contribution is -0.385. The average Bonchev–Trinajstić information content (AvgIpc) is 2.45. The van der Waals surface area contributed by atoms with Crippen LogP contribution in [0, 0.1) is 17.0 Å². The maximum Gasteiger partial charge on any atom is 0.332 e. The normalized spacial score (nSPS) is 18.9. The summed E-state index contributed by atoms with van der Waals surface area (Å²) >= 11 is 0. The van der Waals surface area contributed by atoms with Gasteiger partial charge in [0.25, 0.3) is 0 Å². The molecule has 0 radical (unpaired) electrons. The molecule has 9 nitrogen and oxygen atoms in total. The predicted octanol–water partition coefficient (Wildman–Crippen LogP) is 0.594. The second kappa shape index (κ2) is 5.97. The van der Waals surface area contributed by atoms with Gasteiger partial charge >= 0.3 is 5.69 Å². The minimum absolute atomic E-state index is 0.0578. The molecular formula is C11H18N6O3. The van der Waals surface area contributed by atoms with Gasteiger partial charge in [-0.15, -0.1) is 0 Å². The number of hydrogen-bond donors (Lipinski definition) is 2. The van der Waals surface area contributed by atoms with E-state index in [9.17, 15) is 10.1 Å². The molecule has 9 heteroatoms. The molecule has 1 unspecified atom stereocenters. The van der Waals surface area contributed by atoms with E-state index >= 15 is 0 Å². The van der Waals surface area contributed by atoms with Crippen LogP contribution < -0.4 is 16.2 Å². The van der Waals surface area contributed by atoms with Crippen LogP contribution in [0.25, 0.3) is 0 Å². The molecule has 1 atom stereocenters. The number of rotatable bonds is 4. The molecule has 110 valence electrons. The van der Waals surface area contributed by atoms with E-state index < -0.39 is 4.92 Å². The quantitative estimate of drug-likeness (QED) is 0.468. The van der Waals surface area contributed by atoms with Gasteiger partial charge in [-0.25, -0.2) is 10.8 Å². The van der Waals surface area contributed by atoms with Crippen molar-refractivity contribution in [3.8, 4) is 0 Å². The molecule has 1 fully saturated rings. The van der Waals surface area contributed by atoms with Crippen molar-refractivity contribution >= 4 is 17.5 Å². The average molecular weight is 282 g/mol. The van der Waals surface area contributed by atoms with Crippen LogP contribution in [0.4, 0.5) is 17.5 Å². The summed E-state index contributed by atoms with van der Waals surface area (Å²) in [6.07, 6.45) is 0.811. The third-order valence-electron chi connectivity index (χ3n) is 3.32. The largest absolute Gasteiger partial charge is 0.377 e. The number of aromatic nitrogens is 2. The van der Waals surface area contributed by atoms with Gasteiger partial charge in [-0.3, -0.25) is 15.5 Å². The Morgan fingerprint density at radius 2 is 2.35 bits per heavy atom. The van der Waals surface area contributed by atoms with Gasteiger partial charge in [-0.05, 0) is 13.3 Å². The fraction of sp³-hybridized carbons (Fsp3) is 0.636. The van der Waals surface area contributed by atoms with Crippen LogP contribution in [0.2, 0.25) is 0 Å². The first-order chi connectivity index (χ1) is 9.58. The van der Waals surface area contributed by atoms with Gasteiger partial charge in [0.15, 0.2) is 0 Å². The number of nitro groups is 1. The minimum Gasteiger partial charge on any atom is -0.377 e. The lowest BCUT2D eigenvalue weighted by Gasteiger charge is -2.35. The molecule has 0 amide bonds. The summed E-state index contributed by atoms with van der Waals surface area (Å²) in [5, 5.41) is 11.3. The van der Waals surface area contributed by atoms with Crippen LogP contribution in [0.1, 0.15) is 19.0 Å². The Morgan fingerprint density at radius 3 is 2.95 bits per heavy atom. The van der Waals surface area contributed by atoms with E-state index in [0.717, 1.165) is 6.42 Å². The van der Waals surface area contributed by atoms with Gasteiger partial charge in [0, 0.05) is 6.54 Å². The van der Waals surface area contributed by atoms with E-state index in [1.807, 2.05) is 11.8 Å². The number of nitrogens with zero attached hydrogens (tertiary/aromatic N) is 4. The number of aryl methyl sites for hydroxylation is 1. The van der Waals surface area contributed by atoms with Crippen molar-refractivity contribution in [3.63, 3.8) is 0 Å². The molecular weight excluding hydrogens is 264 g/mol. The zero-order valence-electron chi connectivity index (χ0n) is 11.5. The molecule has 1 aliphatic heterocycles. The SMILES string of the molecule is CCC1COCCN1c1nc(NN)nc(C)c1[N+](=O)[O-]. The van der Waals surface area contributed by atoms with Crippen molar-refractivity contribution in [2.75, 3.05) is 30.1 Å². The summed E-state index contributed by atoms with van der Waals surface area (Å²) in [4.78, 5) is 20.9. The number of anilines is 2. The number of morpholine rings is 1. The van der Waals surface area contributed by atoms with Crippen molar-refractivity contribution < 1.29 is 9.66 Å². The van der Waals surface area contributed by atoms with Crippen LogP contribution in [0.15, 0.2) is 0 Å². The Morgan fingerprint density at radius 1 is 1.60 bits per heavy atom. The lowest BCUT2D eigenvalue weighted by atomic mass is 10.1. The first-order valence-electron chi connectivity index (χ1n) is 6.42. The molecule has 1 aliphatic rings. The van der Waals surface area contributed by atoms with Crippen LogP contribution in [-0.2, 0) is 4.74 Å². The summed E-state index contributed by atoms with van der Waals surface area (Å²) in [5.74, 6) is 5.79. The Balaban J connectivity index is 2.51. The molecule has 0 spiro atoms. The summed E-state index contributed by atoms with van der Waals surface area (Å²) < 4.78 is 5.42. The van der Waals surface area contributed by atoms with Gasteiger partial charge in [0.05, 0.1) is 24.2 Å². The lowest BCUT2D eigenvalue weighted by Crippen LogP contribution is -2.46. The van der Waals surface area contributed by atoms with Crippen LogP contribution in [0.3, 0.4) is 0 Å². The second-order valence-electron chi connectivity index (χ2n) is 4.54. The van der Waals surface area contributed by atoms with Gasteiger partial charge in [-0.2, -0.15) is 4.98 Å². The fourth-order valence-electron chi connectivity index (χ4n) is 2.30. The Hall–Kier alpha value is -2.00. The Bertz CT molecular complexity index is 509. The summed E-state index contributed by atoms with van der Waals surface area (Å²) in [5.41, 5.74) is 2.55. The Kier molecular flexibility index (Phi) is 4.30. The smallest absolute Gasteiger partial charge is 0.332 e. The minimum atomic E-state index is -0.451. The van der Waals surface area contributed by atoms with Crippen molar-refractivity contribution in [2.24, 2.45) is 5.84 Å². The maximum absolute atomic E-state index is 11.3. The van der Waals surface area contributed by atoms with E-state index in [0.29, 0.717) is 25.6 Å². The zero-order valence-corrected chi connectivity index (χ0v) is 11.5. The molecule has 1 aromatic heterocycles. The van der Waals surface area contributed by atoms with E-state index in [1.165, 1.54) is 0 Å². The first kappa shape index (κ1) is 14.4. The molecule has 0 saturated carbocycles. The number of hydrogen-bond acceptors (Lipinski definition) is 8. The van der Waals surface area contributed by atoms with E-state index in [2.05, 4.69) is 15.4 Å². The molecule has 1 saturated heterocycles. The molecule has 2 heterocycles. The summed E-state index contributed by atoms with van der Waals surface area (Å²) in [7, 11) is 0. The molecule has 0 bridgehead atoms. The van der Waals surface area contributed by atoms with E-state index in [1.54, 1.807) is 6.92 Å². The predicted molar refractivity (Wildman–Crippen MR) is 73.5 cm³/mol. The highest BCUT2D eigenvalue weighted by Crippen LogP contribution is 2.32. The number of nitrogen functional groups attached to an aromatic ring is 1. The topological polar surface area (TPSA) is 119 Å². The second-order valence-corrected chi connectivity index (χ2v) is 4.54. The monoisotopic (exact) mass is 282 g/mol. The van der Waals surface area contributed by atoms with Gasteiger partial charge < -0.3 is 9.64 Å². The molecule has 2 rings (SSSR count). The number of nitrogens with one attached hydrogen (secondary N) is 1. The fourth-order valence-corrected chi connectivity index (χ4v) is 2.30. The van der Waals surface area contributed by atoms with E-state index in [4.69, 9.17) is 10.6 Å². The Labute approximate surface area is 116 Å². The van der Waals surface area contributed by atoms with Crippen LogP contribution in [0.5, 0.6) is 0 Å². The highest BCUT2D eigenvalue weighted by molar-refractivity contribution is 5.63. The summed E-state index contributed by atoms with van der Waals surface area (Å²) in [6, 6.07) is 0.0578. The number of hydrazine groups is 1. The molecule has 0 aromatic carbocycles. The van der Waals surface area contributed by atoms with Gasteiger partial charge in [0.2, 0.25) is 11.8 Å². The van der Waals surface area contributed by atoms with Crippen molar-refractivity contribution in [1.82, 2.24) is 9.97 Å². The standard InChI is InChI=1S/C11H18N6O3/c1-3-8-6-20-5-4-16(8)10-9(17(18)19)7(2)13-11(14-10)15-12/h8H,3-6,12H2,1-2H3,(H,13,14,15). The van der Waals surface area contributed by atoms with Gasteiger partial charge in [0.1, 0.15) is 5.69 Å². The van der Waals surface area contributed by atoms with Crippen molar-refractivity contribution in [2.45, 2.75) is 26.3 Å². The van der Waals surface area contributed by atoms with Crippen LogP contribution >= 0.6 is 0 Å². The van der Waals surface area contributed by atoms with Gasteiger partial charge in [-0.1, -0.05) is 6.92 Å². The zero-order chi connectivity index (χ0) is 14.7. The third kappa shape index (κ3) is 2.63. The summed E-state index contributed by atoms with van der Waals surface area (Å²) in [6.45, 7) is 5.18. The third-order valence-corrected chi connectivity index (χ3v) is 3.32. The molecule has 3 N–H and O–H groups in total.